The summed E-state index contributed by atoms with van der Waals surface area (Å²) in [6, 6.07) is 1.65. The Bertz CT molecular complexity index is 677. The van der Waals surface area contributed by atoms with Crippen molar-refractivity contribution < 1.29 is 0 Å². The molecule has 0 unspecified atom stereocenters. The van der Waals surface area contributed by atoms with Crippen LogP contribution in [0.15, 0.2) is 23.3 Å². The zero-order valence-electron chi connectivity index (χ0n) is 11.7. The van der Waals surface area contributed by atoms with Crippen molar-refractivity contribution in [2.75, 3.05) is 38.1 Å². The monoisotopic (exact) mass is 325 g/mol. The molecular formula is C13H16ClN5OS. The van der Waals surface area contributed by atoms with E-state index in [-0.39, 0.29) is 5.56 Å². The van der Waals surface area contributed by atoms with Crippen LogP contribution in [0.5, 0.6) is 0 Å². The van der Waals surface area contributed by atoms with Gasteiger partial charge in [0.25, 0.3) is 5.56 Å². The first-order valence-electron chi connectivity index (χ1n) is 6.73. The highest BCUT2D eigenvalue weighted by molar-refractivity contribution is 7.15. The second-order valence-corrected chi connectivity index (χ2v) is 6.78. The van der Waals surface area contributed by atoms with E-state index in [2.05, 4.69) is 26.9 Å². The normalized spacial score (nSPS) is 16.4. The van der Waals surface area contributed by atoms with Crippen LogP contribution in [0.1, 0.15) is 4.88 Å². The quantitative estimate of drug-likeness (QED) is 0.847. The van der Waals surface area contributed by atoms with E-state index < -0.39 is 0 Å². The van der Waals surface area contributed by atoms with E-state index in [4.69, 9.17) is 11.6 Å². The smallest absolute Gasteiger partial charge is 0.269 e. The number of aromatic nitrogens is 3. The number of likely N-dealkylation sites (N-methyl/N-ethyl adjacent to an activating group) is 1. The summed E-state index contributed by atoms with van der Waals surface area (Å²) in [5, 5.41) is 4.26. The molecule has 1 fully saturated rings. The highest BCUT2D eigenvalue weighted by Gasteiger charge is 2.15. The molecule has 21 heavy (non-hydrogen) atoms. The van der Waals surface area contributed by atoms with Crippen molar-refractivity contribution in [1.29, 1.82) is 0 Å². The minimum atomic E-state index is -0.101. The van der Waals surface area contributed by atoms with E-state index in [1.165, 1.54) is 16.0 Å². The average Bonchev–Trinajstić information content (AvgIpc) is 2.87. The van der Waals surface area contributed by atoms with E-state index >= 15 is 0 Å². The average molecular weight is 326 g/mol. The molecule has 6 nitrogen and oxygen atoms in total. The number of anilines is 1. The topological polar surface area (TPSA) is 54.3 Å². The van der Waals surface area contributed by atoms with Crippen molar-refractivity contribution >= 4 is 28.6 Å². The van der Waals surface area contributed by atoms with Gasteiger partial charge in [-0.3, -0.25) is 4.79 Å². The number of piperazine rings is 1. The maximum Gasteiger partial charge on any atom is 0.269 e. The van der Waals surface area contributed by atoms with Crippen LogP contribution in [0.3, 0.4) is 0 Å². The van der Waals surface area contributed by atoms with Gasteiger partial charge in [0.1, 0.15) is 0 Å². The summed E-state index contributed by atoms with van der Waals surface area (Å²) in [6.45, 7) is 4.26. The van der Waals surface area contributed by atoms with E-state index in [0.29, 0.717) is 11.0 Å². The minimum Gasteiger partial charge on any atom is -0.368 e. The minimum absolute atomic E-state index is 0.101. The molecule has 0 amide bonds. The molecule has 0 radical (unpaired) electrons. The van der Waals surface area contributed by atoms with Crippen LogP contribution < -0.4 is 10.5 Å². The fraction of sp³-hybridized carbons (Fsp3) is 0.462. The summed E-state index contributed by atoms with van der Waals surface area (Å²) >= 11 is 7.16. The Kier molecular flexibility index (Phi) is 4.23. The molecule has 8 heteroatoms. The molecule has 0 atom stereocenters. The van der Waals surface area contributed by atoms with Crippen LogP contribution in [-0.2, 0) is 6.54 Å². The predicted molar refractivity (Wildman–Crippen MR) is 84.4 cm³/mol. The van der Waals surface area contributed by atoms with Crippen LogP contribution in [-0.4, -0.2) is 52.9 Å². The van der Waals surface area contributed by atoms with Gasteiger partial charge in [-0.2, -0.15) is 5.10 Å². The molecule has 1 saturated heterocycles. The number of halogens is 1. The van der Waals surface area contributed by atoms with Gasteiger partial charge in [0.05, 0.1) is 18.4 Å². The number of thiazole rings is 1. The van der Waals surface area contributed by atoms with Crippen LogP contribution in [0.2, 0.25) is 4.47 Å². The van der Waals surface area contributed by atoms with Gasteiger partial charge in [0, 0.05) is 43.3 Å². The molecule has 0 aliphatic carbocycles. The first kappa shape index (κ1) is 14.5. The third-order valence-electron chi connectivity index (χ3n) is 3.55. The van der Waals surface area contributed by atoms with Gasteiger partial charge in [-0.1, -0.05) is 11.6 Å². The molecule has 0 aromatic carbocycles. The number of rotatable bonds is 3. The lowest BCUT2D eigenvalue weighted by Gasteiger charge is -2.33. The van der Waals surface area contributed by atoms with Gasteiger partial charge in [-0.05, 0) is 7.05 Å². The Hall–Kier alpha value is -1.44. The van der Waals surface area contributed by atoms with Crippen molar-refractivity contribution in [2.45, 2.75) is 6.54 Å². The van der Waals surface area contributed by atoms with Gasteiger partial charge < -0.3 is 9.80 Å². The highest BCUT2D eigenvalue weighted by atomic mass is 35.5. The van der Waals surface area contributed by atoms with Crippen molar-refractivity contribution in [3.63, 3.8) is 0 Å². The maximum absolute atomic E-state index is 12.2. The van der Waals surface area contributed by atoms with Gasteiger partial charge in [0.2, 0.25) is 0 Å². The Morgan fingerprint density at radius 2 is 2.05 bits per heavy atom. The first-order valence-corrected chi connectivity index (χ1v) is 7.92. The maximum atomic E-state index is 12.2. The molecule has 0 saturated carbocycles. The fourth-order valence-corrected chi connectivity index (χ4v) is 3.24. The van der Waals surface area contributed by atoms with E-state index in [0.717, 1.165) is 36.7 Å². The second-order valence-electron chi connectivity index (χ2n) is 5.08. The third-order valence-corrected chi connectivity index (χ3v) is 4.65. The van der Waals surface area contributed by atoms with Gasteiger partial charge in [-0.15, -0.1) is 11.3 Å². The molecular weight excluding hydrogens is 310 g/mol. The van der Waals surface area contributed by atoms with Crippen molar-refractivity contribution in [2.24, 2.45) is 0 Å². The van der Waals surface area contributed by atoms with Crippen molar-refractivity contribution in [3.05, 3.63) is 38.2 Å². The molecule has 0 spiro atoms. The van der Waals surface area contributed by atoms with E-state index in [1.807, 2.05) is 0 Å². The molecule has 1 aliphatic rings. The van der Waals surface area contributed by atoms with E-state index in [9.17, 15) is 4.79 Å². The number of nitrogens with zero attached hydrogens (tertiary/aromatic N) is 5. The SMILES string of the molecule is CN1CCN(c2cnn(Cc3cnc(Cl)s3)c(=O)c2)CC1. The third kappa shape index (κ3) is 3.42. The van der Waals surface area contributed by atoms with Gasteiger partial charge >= 0.3 is 0 Å². The Labute approximate surface area is 131 Å². The molecule has 2 aromatic heterocycles. The first-order chi connectivity index (χ1) is 10.1. The summed E-state index contributed by atoms with van der Waals surface area (Å²) in [7, 11) is 2.10. The van der Waals surface area contributed by atoms with Crippen molar-refractivity contribution in [3.8, 4) is 0 Å². The van der Waals surface area contributed by atoms with Gasteiger partial charge in [0.15, 0.2) is 4.47 Å². The van der Waals surface area contributed by atoms with Gasteiger partial charge in [-0.25, -0.2) is 9.67 Å². The summed E-state index contributed by atoms with van der Waals surface area (Å²) in [6.07, 6.45) is 3.44. The van der Waals surface area contributed by atoms with E-state index in [1.54, 1.807) is 18.5 Å². The molecule has 0 bridgehead atoms. The summed E-state index contributed by atoms with van der Waals surface area (Å²) in [4.78, 5) is 21.5. The lowest BCUT2D eigenvalue weighted by molar-refractivity contribution is 0.312. The van der Waals surface area contributed by atoms with Crippen LogP contribution in [0.4, 0.5) is 5.69 Å². The Balaban J connectivity index is 1.75. The lowest BCUT2D eigenvalue weighted by Crippen LogP contribution is -2.45. The summed E-state index contributed by atoms with van der Waals surface area (Å²) in [5.74, 6) is 0. The largest absolute Gasteiger partial charge is 0.368 e. The molecule has 1 aliphatic heterocycles. The summed E-state index contributed by atoms with van der Waals surface area (Å²) < 4.78 is 1.91. The summed E-state index contributed by atoms with van der Waals surface area (Å²) in [5.41, 5.74) is 0.794. The molecule has 3 heterocycles. The number of hydrogen-bond donors (Lipinski definition) is 0. The van der Waals surface area contributed by atoms with Crippen LogP contribution >= 0.6 is 22.9 Å². The molecule has 0 N–H and O–H groups in total. The zero-order valence-corrected chi connectivity index (χ0v) is 13.3. The van der Waals surface area contributed by atoms with Crippen molar-refractivity contribution in [1.82, 2.24) is 19.7 Å². The highest BCUT2D eigenvalue weighted by Crippen LogP contribution is 2.18. The Morgan fingerprint density at radius 3 is 2.67 bits per heavy atom. The van der Waals surface area contributed by atoms with Crippen LogP contribution in [0, 0.1) is 0 Å². The standard InChI is InChI=1S/C13H16ClN5OS/c1-17-2-4-18(5-3-17)10-6-12(20)19(16-7-10)9-11-8-15-13(14)21-11/h6-8H,2-5,9H2,1H3. The zero-order chi connectivity index (χ0) is 14.8. The molecule has 2 aromatic rings. The lowest BCUT2D eigenvalue weighted by atomic mass is 10.3. The predicted octanol–water partition coefficient (Wildman–Crippen LogP) is 1.15. The Morgan fingerprint density at radius 1 is 1.29 bits per heavy atom. The fourth-order valence-electron chi connectivity index (χ4n) is 2.28. The molecule has 112 valence electrons. The number of hydrogen-bond acceptors (Lipinski definition) is 6. The molecule has 3 rings (SSSR count). The van der Waals surface area contributed by atoms with Crippen LogP contribution in [0.25, 0.3) is 0 Å². The second kappa shape index (κ2) is 6.13.